The average molecular weight is 499 g/mol. The summed E-state index contributed by atoms with van der Waals surface area (Å²) in [6.45, 7) is 8.03. The van der Waals surface area contributed by atoms with Gasteiger partial charge in [-0.2, -0.15) is 5.10 Å². The summed E-state index contributed by atoms with van der Waals surface area (Å²) in [5.74, 6) is 0.312. The van der Waals surface area contributed by atoms with Gasteiger partial charge in [-0.25, -0.2) is 5.01 Å². The second-order valence-corrected chi connectivity index (χ2v) is 10.0. The number of rotatable bonds is 9. The lowest BCUT2D eigenvalue weighted by atomic mass is 10.00. The number of hydrogen-bond donors (Lipinski definition) is 0. The van der Waals surface area contributed by atoms with Crippen molar-refractivity contribution in [2.75, 3.05) is 53.0 Å². The van der Waals surface area contributed by atoms with E-state index in [0.717, 1.165) is 41.5 Å². The van der Waals surface area contributed by atoms with Gasteiger partial charge in [-0.15, -0.1) is 11.3 Å². The Morgan fingerprint density at radius 2 is 1.97 bits per heavy atom. The molecule has 1 aromatic carbocycles. The number of carbonyl (C=O) groups is 2. The Kier molecular flexibility index (Phi) is 8.54. The van der Waals surface area contributed by atoms with E-state index in [4.69, 9.17) is 14.6 Å². The second-order valence-electron chi connectivity index (χ2n) is 9.09. The SMILES string of the molecule is COc1ccccc1C1CC(c2cccs2)=NN1C(=O)CN(CCN1CCOCC1)C(=O)C(C)C. The third-order valence-corrected chi connectivity index (χ3v) is 7.31. The molecular weight excluding hydrogens is 464 g/mol. The Hall–Kier alpha value is -2.75. The van der Waals surface area contributed by atoms with Crippen LogP contribution in [0.15, 0.2) is 46.9 Å². The van der Waals surface area contributed by atoms with Gasteiger partial charge in [0.2, 0.25) is 5.91 Å². The Balaban J connectivity index is 1.56. The lowest BCUT2D eigenvalue weighted by Crippen LogP contribution is -2.47. The fourth-order valence-corrected chi connectivity index (χ4v) is 5.19. The monoisotopic (exact) mass is 498 g/mol. The van der Waals surface area contributed by atoms with Crippen molar-refractivity contribution in [3.05, 3.63) is 52.2 Å². The molecule has 0 aliphatic carbocycles. The molecule has 1 fully saturated rings. The number of methoxy groups -OCH3 is 1. The van der Waals surface area contributed by atoms with Crippen molar-refractivity contribution in [3.63, 3.8) is 0 Å². The number of amides is 2. The fraction of sp³-hybridized carbons (Fsp3) is 0.500. The molecule has 1 atom stereocenters. The van der Waals surface area contributed by atoms with Crippen LogP contribution in [0.4, 0.5) is 0 Å². The lowest BCUT2D eigenvalue weighted by Gasteiger charge is -2.32. The molecule has 2 aliphatic heterocycles. The number of hydrazone groups is 1. The van der Waals surface area contributed by atoms with E-state index in [2.05, 4.69) is 4.90 Å². The molecule has 0 bridgehead atoms. The highest BCUT2D eigenvalue weighted by molar-refractivity contribution is 7.12. The largest absolute Gasteiger partial charge is 0.496 e. The molecule has 9 heteroatoms. The van der Waals surface area contributed by atoms with Crippen LogP contribution in [0.3, 0.4) is 0 Å². The van der Waals surface area contributed by atoms with E-state index in [1.54, 1.807) is 28.4 Å². The maximum absolute atomic E-state index is 13.7. The van der Waals surface area contributed by atoms with Gasteiger partial charge in [0.05, 0.1) is 37.0 Å². The highest BCUT2D eigenvalue weighted by Crippen LogP contribution is 2.38. The van der Waals surface area contributed by atoms with Gasteiger partial charge in [-0.3, -0.25) is 14.5 Å². The smallest absolute Gasteiger partial charge is 0.262 e. The van der Waals surface area contributed by atoms with E-state index in [1.165, 1.54) is 0 Å². The van der Waals surface area contributed by atoms with Gasteiger partial charge in [0.15, 0.2) is 0 Å². The van der Waals surface area contributed by atoms with Crippen LogP contribution in [-0.2, 0) is 14.3 Å². The van der Waals surface area contributed by atoms with Crippen LogP contribution in [0, 0.1) is 5.92 Å². The molecule has 1 unspecified atom stereocenters. The highest BCUT2D eigenvalue weighted by Gasteiger charge is 2.36. The van der Waals surface area contributed by atoms with Crippen molar-refractivity contribution >= 4 is 28.9 Å². The van der Waals surface area contributed by atoms with Crippen molar-refractivity contribution < 1.29 is 19.1 Å². The highest BCUT2D eigenvalue weighted by atomic mass is 32.1. The van der Waals surface area contributed by atoms with Crippen molar-refractivity contribution in [1.29, 1.82) is 0 Å². The fourth-order valence-electron chi connectivity index (χ4n) is 4.47. The molecule has 2 aliphatic rings. The normalized spacial score (nSPS) is 18.6. The van der Waals surface area contributed by atoms with Gasteiger partial charge in [-0.1, -0.05) is 38.1 Å². The summed E-state index contributed by atoms with van der Waals surface area (Å²) in [5, 5.41) is 8.33. The topological polar surface area (TPSA) is 74.7 Å². The first-order chi connectivity index (χ1) is 17.0. The lowest BCUT2D eigenvalue weighted by molar-refractivity contribution is -0.143. The van der Waals surface area contributed by atoms with Gasteiger partial charge in [0.25, 0.3) is 5.91 Å². The molecule has 8 nitrogen and oxygen atoms in total. The van der Waals surface area contributed by atoms with Crippen LogP contribution < -0.4 is 4.74 Å². The van der Waals surface area contributed by atoms with Gasteiger partial charge in [-0.05, 0) is 17.5 Å². The van der Waals surface area contributed by atoms with E-state index in [1.807, 2.05) is 55.6 Å². The minimum atomic E-state index is -0.286. The summed E-state index contributed by atoms with van der Waals surface area (Å²) >= 11 is 1.61. The quantitative estimate of drug-likeness (QED) is 0.531. The minimum Gasteiger partial charge on any atom is -0.496 e. The van der Waals surface area contributed by atoms with Crippen molar-refractivity contribution in [2.45, 2.75) is 26.3 Å². The first kappa shape index (κ1) is 25.3. The maximum atomic E-state index is 13.7. The molecule has 3 heterocycles. The zero-order valence-electron chi connectivity index (χ0n) is 20.7. The molecule has 1 aromatic heterocycles. The molecule has 2 aromatic rings. The molecule has 0 radical (unpaired) electrons. The molecule has 4 rings (SSSR count). The molecule has 35 heavy (non-hydrogen) atoms. The summed E-state index contributed by atoms with van der Waals surface area (Å²) in [5.41, 5.74) is 1.79. The summed E-state index contributed by atoms with van der Waals surface area (Å²) in [6, 6.07) is 11.5. The zero-order chi connectivity index (χ0) is 24.8. The van der Waals surface area contributed by atoms with Crippen molar-refractivity contribution in [2.24, 2.45) is 11.0 Å². The molecule has 1 saturated heterocycles. The number of hydrogen-bond acceptors (Lipinski definition) is 7. The van der Waals surface area contributed by atoms with Crippen LogP contribution in [0.1, 0.15) is 36.8 Å². The van der Waals surface area contributed by atoms with Crippen LogP contribution in [0.25, 0.3) is 0 Å². The number of ether oxygens (including phenoxy) is 2. The first-order valence-corrected chi connectivity index (χ1v) is 13.0. The van der Waals surface area contributed by atoms with E-state index in [0.29, 0.717) is 26.2 Å². The maximum Gasteiger partial charge on any atom is 0.262 e. The second kappa shape index (κ2) is 11.8. The number of morpholine rings is 1. The van der Waals surface area contributed by atoms with E-state index < -0.39 is 0 Å². The molecule has 0 N–H and O–H groups in total. The van der Waals surface area contributed by atoms with Crippen molar-refractivity contribution in [3.8, 4) is 5.75 Å². The number of para-hydroxylation sites is 1. The Morgan fingerprint density at radius 1 is 1.20 bits per heavy atom. The minimum absolute atomic E-state index is 0.00573. The molecular formula is C26H34N4O4S. The van der Waals surface area contributed by atoms with Gasteiger partial charge in [0, 0.05) is 44.1 Å². The summed E-state index contributed by atoms with van der Waals surface area (Å²) < 4.78 is 11.0. The van der Waals surface area contributed by atoms with Crippen LogP contribution in [0.5, 0.6) is 5.75 Å². The molecule has 2 amide bonds. The third kappa shape index (κ3) is 6.09. The van der Waals surface area contributed by atoms with E-state index >= 15 is 0 Å². The Bertz CT molecular complexity index is 1030. The number of thiophene rings is 1. The van der Waals surface area contributed by atoms with Crippen molar-refractivity contribution in [1.82, 2.24) is 14.8 Å². The zero-order valence-corrected chi connectivity index (χ0v) is 21.5. The van der Waals surface area contributed by atoms with Crippen LogP contribution >= 0.6 is 11.3 Å². The first-order valence-electron chi connectivity index (χ1n) is 12.1. The summed E-state index contributed by atoms with van der Waals surface area (Å²) in [4.78, 5) is 31.7. The number of benzene rings is 1. The van der Waals surface area contributed by atoms with E-state index in [-0.39, 0.29) is 30.3 Å². The van der Waals surface area contributed by atoms with E-state index in [9.17, 15) is 9.59 Å². The van der Waals surface area contributed by atoms with Gasteiger partial charge < -0.3 is 14.4 Å². The Labute approximate surface area is 211 Å². The Morgan fingerprint density at radius 3 is 2.66 bits per heavy atom. The van der Waals surface area contributed by atoms with Crippen LogP contribution in [-0.4, -0.2) is 85.4 Å². The van der Waals surface area contributed by atoms with Gasteiger partial charge in [0.1, 0.15) is 12.3 Å². The van der Waals surface area contributed by atoms with Crippen LogP contribution in [0.2, 0.25) is 0 Å². The number of nitrogens with zero attached hydrogens (tertiary/aromatic N) is 4. The summed E-state index contributed by atoms with van der Waals surface area (Å²) in [6.07, 6.45) is 0.596. The molecule has 188 valence electrons. The predicted molar refractivity (Wildman–Crippen MR) is 137 cm³/mol. The van der Waals surface area contributed by atoms with Gasteiger partial charge >= 0.3 is 0 Å². The standard InChI is InChI=1S/C26H34N4O4S/c1-19(2)26(32)29(11-10-28-12-14-34-15-13-28)18-25(31)30-22(20-7-4-5-8-23(20)33-3)17-21(27-30)24-9-6-16-35-24/h4-9,16,19,22H,10-15,17-18H2,1-3H3. The molecule has 0 saturated carbocycles. The molecule has 0 spiro atoms. The summed E-state index contributed by atoms with van der Waals surface area (Å²) in [7, 11) is 1.63. The average Bonchev–Trinajstić information content (AvgIpc) is 3.57. The predicted octanol–water partition coefficient (Wildman–Crippen LogP) is 3.25. The number of carbonyl (C=O) groups excluding carboxylic acids is 2. The third-order valence-electron chi connectivity index (χ3n) is 6.39.